The first-order valence-corrected chi connectivity index (χ1v) is 6.87. The van der Waals surface area contributed by atoms with E-state index in [1.807, 2.05) is 18.7 Å². The van der Waals surface area contributed by atoms with Crippen molar-refractivity contribution in [3.63, 3.8) is 0 Å². The van der Waals surface area contributed by atoms with Crippen LogP contribution >= 0.6 is 0 Å². The molecule has 5 heteroatoms. The Kier molecular flexibility index (Phi) is 6.12. The molecule has 0 aromatic carbocycles. The van der Waals surface area contributed by atoms with Crippen LogP contribution in [0.15, 0.2) is 0 Å². The lowest BCUT2D eigenvalue weighted by Crippen LogP contribution is -2.49. The number of nitrogens with one attached hydrogen (secondary N) is 1. The molecule has 5 nitrogen and oxygen atoms in total. The first-order valence-electron chi connectivity index (χ1n) is 6.87. The average Bonchev–Trinajstić information content (AvgIpc) is 2.38. The van der Waals surface area contributed by atoms with E-state index in [1.165, 1.54) is 6.42 Å². The third-order valence-corrected chi connectivity index (χ3v) is 3.53. The Bertz CT molecular complexity index is 288. The van der Waals surface area contributed by atoms with Gasteiger partial charge in [0.15, 0.2) is 0 Å². The Balaban J connectivity index is 2.48. The van der Waals surface area contributed by atoms with E-state index in [2.05, 4.69) is 5.32 Å². The highest BCUT2D eigenvalue weighted by atomic mass is 16.2. The average molecular weight is 255 g/mol. The summed E-state index contributed by atoms with van der Waals surface area (Å²) < 4.78 is 0. The third-order valence-electron chi connectivity index (χ3n) is 3.53. The molecule has 2 amide bonds. The second-order valence-corrected chi connectivity index (χ2v) is 5.08. The number of likely N-dealkylation sites (tertiary alicyclic amines) is 1. The fourth-order valence-electron chi connectivity index (χ4n) is 2.15. The second-order valence-electron chi connectivity index (χ2n) is 5.08. The zero-order valence-corrected chi connectivity index (χ0v) is 11.4. The largest absolute Gasteiger partial charge is 0.368 e. The van der Waals surface area contributed by atoms with Crippen molar-refractivity contribution < 1.29 is 9.59 Å². The highest BCUT2D eigenvalue weighted by Crippen LogP contribution is 2.11. The molecular formula is C13H25N3O2. The Labute approximate surface area is 109 Å². The fraction of sp³-hybridized carbons (Fsp3) is 0.846. The van der Waals surface area contributed by atoms with Gasteiger partial charge in [-0.2, -0.15) is 0 Å². The molecule has 104 valence electrons. The molecule has 2 atom stereocenters. The SMILES string of the molecule is CCC(C)NC(CC(=O)N1CCCCC1)C(N)=O. The van der Waals surface area contributed by atoms with Crippen molar-refractivity contribution in [3.8, 4) is 0 Å². The van der Waals surface area contributed by atoms with E-state index in [4.69, 9.17) is 5.73 Å². The van der Waals surface area contributed by atoms with Gasteiger partial charge in [-0.15, -0.1) is 0 Å². The maximum absolute atomic E-state index is 12.1. The number of hydrogen-bond donors (Lipinski definition) is 2. The molecule has 18 heavy (non-hydrogen) atoms. The molecule has 2 unspecified atom stereocenters. The Morgan fingerprint density at radius 1 is 1.28 bits per heavy atom. The van der Waals surface area contributed by atoms with E-state index in [0.717, 1.165) is 32.4 Å². The summed E-state index contributed by atoms with van der Waals surface area (Å²) in [5.74, 6) is -0.407. The highest BCUT2D eigenvalue weighted by molar-refractivity contribution is 5.87. The first-order chi connectivity index (χ1) is 8.54. The van der Waals surface area contributed by atoms with Gasteiger partial charge in [-0.05, 0) is 32.6 Å². The molecule has 0 aromatic rings. The molecule has 1 aliphatic heterocycles. The number of piperidine rings is 1. The maximum atomic E-state index is 12.1. The molecule has 0 aliphatic carbocycles. The van der Waals surface area contributed by atoms with E-state index in [9.17, 15) is 9.59 Å². The minimum absolute atomic E-state index is 0.0364. The number of carbonyl (C=O) groups is 2. The second kappa shape index (κ2) is 7.36. The Hall–Kier alpha value is -1.10. The number of nitrogens with two attached hydrogens (primary N) is 1. The van der Waals surface area contributed by atoms with Crippen LogP contribution in [-0.2, 0) is 9.59 Å². The number of amides is 2. The molecule has 0 aromatic heterocycles. The summed E-state index contributed by atoms with van der Waals surface area (Å²) in [6.07, 6.45) is 4.40. The van der Waals surface area contributed by atoms with Crippen LogP contribution in [0.1, 0.15) is 46.0 Å². The highest BCUT2D eigenvalue weighted by Gasteiger charge is 2.24. The molecule has 1 rings (SSSR count). The number of carbonyl (C=O) groups excluding carboxylic acids is 2. The van der Waals surface area contributed by atoms with Gasteiger partial charge in [-0.25, -0.2) is 0 Å². The molecule has 3 N–H and O–H groups in total. The van der Waals surface area contributed by atoms with Crippen molar-refractivity contribution in [2.45, 2.75) is 58.0 Å². The van der Waals surface area contributed by atoms with Gasteiger partial charge < -0.3 is 16.0 Å². The van der Waals surface area contributed by atoms with Gasteiger partial charge in [-0.1, -0.05) is 6.92 Å². The molecule has 0 saturated carbocycles. The summed E-state index contributed by atoms with van der Waals surface area (Å²) in [7, 11) is 0. The van der Waals surface area contributed by atoms with Crippen molar-refractivity contribution >= 4 is 11.8 Å². The van der Waals surface area contributed by atoms with E-state index in [1.54, 1.807) is 0 Å². The summed E-state index contributed by atoms with van der Waals surface area (Å²) in [6, 6.07) is -0.356. The molecule has 0 spiro atoms. The smallest absolute Gasteiger partial charge is 0.235 e. The van der Waals surface area contributed by atoms with Crippen LogP contribution in [-0.4, -0.2) is 41.9 Å². The summed E-state index contributed by atoms with van der Waals surface area (Å²) in [4.78, 5) is 25.3. The predicted molar refractivity (Wildman–Crippen MR) is 70.9 cm³/mol. The monoisotopic (exact) mass is 255 g/mol. The Morgan fingerprint density at radius 3 is 2.39 bits per heavy atom. The zero-order valence-electron chi connectivity index (χ0n) is 11.4. The van der Waals surface area contributed by atoms with Gasteiger partial charge in [0.1, 0.15) is 0 Å². The maximum Gasteiger partial charge on any atom is 0.235 e. The normalized spacial score (nSPS) is 19.3. The molecule has 0 radical (unpaired) electrons. The summed E-state index contributed by atoms with van der Waals surface area (Å²) in [5.41, 5.74) is 5.35. The van der Waals surface area contributed by atoms with Gasteiger partial charge in [0.25, 0.3) is 0 Å². The predicted octanol–water partition coefficient (Wildman–Crippen LogP) is 0.631. The summed E-state index contributed by atoms with van der Waals surface area (Å²) in [6.45, 7) is 5.64. The Morgan fingerprint density at radius 2 is 1.89 bits per heavy atom. The third kappa shape index (κ3) is 4.64. The van der Waals surface area contributed by atoms with E-state index < -0.39 is 11.9 Å². The molecule has 0 bridgehead atoms. The van der Waals surface area contributed by atoms with Crippen molar-refractivity contribution in [2.24, 2.45) is 5.73 Å². The zero-order chi connectivity index (χ0) is 13.5. The fourth-order valence-corrected chi connectivity index (χ4v) is 2.15. The lowest BCUT2D eigenvalue weighted by Gasteiger charge is -2.28. The number of nitrogens with zero attached hydrogens (tertiary/aromatic N) is 1. The van der Waals surface area contributed by atoms with Crippen molar-refractivity contribution in [2.75, 3.05) is 13.1 Å². The van der Waals surface area contributed by atoms with Crippen LogP contribution in [0.25, 0.3) is 0 Å². The minimum atomic E-state index is -0.547. The van der Waals surface area contributed by atoms with Crippen LogP contribution in [0.4, 0.5) is 0 Å². The quantitative estimate of drug-likeness (QED) is 0.731. The lowest BCUT2D eigenvalue weighted by atomic mass is 10.1. The van der Waals surface area contributed by atoms with Gasteiger partial charge in [0.05, 0.1) is 12.5 Å². The number of primary amides is 1. The van der Waals surface area contributed by atoms with Crippen LogP contribution in [0, 0.1) is 0 Å². The topological polar surface area (TPSA) is 75.4 Å². The molecule has 1 saturated heterocycles. The first kappa shape index (κ1) is 15.0. The standard InChI is InChI=1S/C13H25N3O2/c1-3-10(2)15-11(13(14)18)9-12(17)16-7-5-4-6-8-16/h10-11,15H,3-9H2,1-2H3,(H2,14,18). The van der Waals surface area contributed by atoms with E-state index >= 15 is 0 Å². The van der Waals surface area contributed by atoms with Gasteiger partial charge in [0, 0.05) is 19.1 Å². The van der Waals surface area contributed by atoms with Crippen molar-refractivity contribution in [1.82, 2.24) is 10.2 Å². The van der Waals surface area contributed by atoms with Crippen molar-refractivity contribution in [3.05, 3.63) is 0 Å². The minimum Gasteiger partial charge on any atom is -0.368 e. The molecule has 1 fully saturated rings. The van der Waals surface area contributed by atoms with Crippen LogP contribution in [0.5, 0.6) is 0 Å². The summed E-state index contributed by atoms with van der Waals surface area (Å²) in [5, 5.41) is 3.11. The molecular weight excluding hydrogens is 230 g/mol. The van der Waals surface area contributed by atoms with E-state index in [-0.39, 0.29) is 18.4 Å². The summed E-state index contributed by atoms with van der Waals surface area (Å²) >= 11 is 0. The van der Waals surface area contributed by atoms with Crippen LogP contribution in [0.3, 0.4) is 0 Å². The molecule has 1 aliphatic rings. The number of rotatable bonds is 6. The van der Waals surface area contributed by atoms with Crippen LogP contribution < -0.4 is 11.1 Å². The van der Waals surface area contributed by atoms with Crippen molar-refractivity contribution in [1.29, 1.82) is 0 Å². The van der Waals surface area contributed by atoms with E-state index in [0.29, 0.717) is 0 Å². The number of hydrogen-bond acceptors (Lipinski definition) is 3. The van der Waals surface area contributed by atoms with Gasteiger partial charge in [-0.3, -0.25) is 9.59 Å². The van der Waals surface area contributed by atoms with Gasteiger partial charge >= 0.3 is 0 Å². The van der Waals surface area contributed by atoms with Crippen LogP contribution in [0.2, 0.25) is 0 Å². The lowest BCUT2D eigenvalue weighted by molar-refractivity contribution is -0.135. The van der Waals surface area contributed by atoms with Gasteiger partial charge in [0.2, 0.25) is 11.8 Å². The molecule has 1 heterocycles.